The molecule has 0 spiro atoms. The highest BCUT2D eigenvalue weighted by atomic mass is 16.3. The quantitative estimate of drug-likeness (QED) is 0.553. The number of carbonyl (C=O) groups is 1. The summed E-state index contributed by atoms with van der Waals surface area (Å²) in [4.78, 5) is 10.2. The van der Waals surface area contributed by atoms with Gasteiger partial charge in [0.15, 0.2) is 0 Å². The Morgan fingerprint density at radius 2 is 2.33 bits per heavy atom. The van der Waals surface area contributed by atoms with Gasteiger partial charge in [0.25, 0.3) is 0 Å². The Morgan fingerprint density at radius 3 is 2.67 bits per heavy atom. The fourth-order valence-corrected chi connectivity index (χ4v) is 1.40. The molecular formula is C7H12O2. The molecule has 0 unspecified atom stereocenters. The van der Waals surface area contributed by atoms with Gasteiger partial charge in [0, 0.05) is 12.5 Å². The molecule has 0 radical (unpaired) electrons. The molecule has 0 amide bonds. The first-order valence-corrected chi connectivity index (χ1v) is 3.43. The van der Waals surface area contributed by atoms with Crippen molar-refractivity contribution in [2.24, 2.45) is 11.8 Å². The van der Waals surface area contributed by atoms with Crippen molar-refractivity contribution in [1.29, 1.82) is 0 Å². The molecule has 0 aliphatic heterocycles. The summed E-state index contributed by atoms with van der Waals surface area (Å²) in [6, 6.07) is 0. The Labute approximate surface area is 54.9 Å². The van der Waals surface area contributed by atoms with Crippen LogP contribution in [0.5, 0.6) is 0 Å². The predicted octanol–water partition coefficient (Wildman–Crippen LogP) is 0.594. The largest absolute Gasteiger partial charge is 0.396 e. The molecule has 0 aromatic rings. The van der Waals surface area contributed by atoms with Crippen LogP contribution in [0.2, 0.25) is 0 Å². The summed E-state index contributed by atoms with van der Waals surface area (Å²) < 4.78 is 0. The van der Waals surface area contributed by atoms with E-state index < -0.39 is 0 Å². The summed E-state index contributed by atoms with van der Waals surface area (Å²) in [5.41, 5.74) is 0. The fraction of sp³-hybridized carbons (Fsp3) is 0.857. The van der Waals surface area contributed by atoms with E-state index >= 15 is 0 Å². The van der Waals surface area contributed by atoms with Gasteiger partial charge in [0.1, 0.15) is 6.29 Å². The molecule has 1 aliphatic rings. The van der Waals surface area contributed by atoms with Gasteiger partial charge in [0.05, 0.1) is 0 Å². The van der Waals surface area contributed by atoms with Crippen molar-refractivity contribution in [2.75, 3.05) is 6.61 Å². The molecule has 0 saturated heterocycles. The first-order chi connectivity index (χ1) is 4.36. The van der Waals surface area contributed by atoms with Gasteiger partial charge in [0.2, 0.25) is 0 Å². The highest BCUT2D eigenvalue weighted by Gasteiger charge is 2.22. The van der Waals surface area contributed by atoms with Gasteiger partial charge >= 0.3 is 0 Å². The van der Waals surface area contributed by atoms with Crippen molar-refractivity contribution in [3.05, 3.63) is 0 Å². The van der Waals surface area contributed by atoms with Crippen LogP contribution < -0.4 is 0 Å². The maximum absolute atomic E-state index is 10.2. The van der Waals surface area contributed by atoms with Crippen LogP contribution in [0.25, 0.3) is 0 Å². The summed E-state index contributed by atoms with van der Waals surface area (Å²) in [5, 5.41) is 8.66. The number of aliphatic hydroxyl groups is 1. The molecule has 0 bridgehead atoms. The minimum absolute atomic E-state index is 0.238. The second-order valence-corrected chi connectivity index (χ2v) is 2.76. The van der Waals surface area contributed by atoms with Crippen molar-refractivity contribution in [3.63, 3.8) is 0 Å². The number of aldehydes is 1. The molecular weight excluding hydrogens is 116 g/mol. The summed E-state index contributed by atoms with van der Waals surface area (Å²) in [6.45, 7) is 0.254. The molecule has 0 aromatic carbocycles. The van der Waals surface area contributed by atoms with Crippen molar-refractivity contribution < 1.29 is 9.90 Å². The number of hydrogen-bond donors (Lipinski definition) is 1. The molecule has 1 saturated carbocycles. The van der Waals surface area contributed by atoms with Gasteiger partial charge in [-0.1, -0.05) is 0 Å². The van der Waals surface area contributed by atoms with E-state index in [1.165, 1.54) is 0 Å². The van der Waals surface area contributed by atoms with Crippen LogP contribution in [0.4, 0.5) is 0 Å². The molecule has 1 fully saturated rings. The lowest BCUT2D eigenvalue weighted by molar-refractivity contribution is -0.111. The summed E-state index contributed by atoms with van der Waals surface area (Å²) in [5.74, 6) is 0.641. The Balaban J connectivity index is 2.28. The molecule has 1 rings (SSSR count). The molecule has 2 nitrogen and oxygen atoms in total. The molecule has 0 heterocycles. The van der Waals surface area contributed by atoms with Crippen molar-refractivity contribution >= 4 is 6.29 Å². The van der Waals surface area contributed by atoms with Crippen LogP contribution >= 0.6 is 0 Å². The molecule has 2 heteroatoms. The third-order valence-corrected chi connectivity index (χ3v) is 2.03. The lowest BCUT2D eigenvalue weighted by atomic mass is 10.1. The number of aliphatic hydroxyl groups excluding tert-OH is 1. The lowest BCUT2D eigenvalue weighted by Crippen LogP contribution is -2.01. The number of rotatable bonds is 2. The van der Waals surface area contributed by atoms with Crippen LogP contribution in [0, 0.1) is 11.8 Å². The Morgan fingerprint density at radius 1 is 1.56 bits per heavy atom. The van der Waals surface area contributed by atoms with Gasteiger partial charge in [-0.15, -0.1) is 0 Å². The van der Waals surface area contributed by atoms with Gasteiger partial charge in [-0.05, 0) is 25.2 Å². The summed E-state index contributed by atoms with van der Waals surface area (Å²) in [6.07, 6.45) is 3.92. The summed E-state index contributed by atoms with van der Waals surface area (Å²) in [7, 11) is 0. The third-order valence-electron chi connectivity index (χ3n) is 2.03. The van der Waals surface area contributed by atoms with E-state index in [0.29, 0.717) is 5.92 Å². The van der Waals surface area contributed by atoms with Gasteiger partial charge in [-0.3, -0.25) is 0 Å². The summed E-state index contributed by atoms with van der Waals surface area (Å²) >= 11 is 0. The topological polar surface area (TPSA) is 37.3 Å². The second-order valence-electron chi connectivity index (χ2n) is 2.76. The molecule has 1 N–H and O–H groups in total. The fourth-order valence-electron chi connectivity index (χ4n) is 1.40. The second kappa shape index (κ2) is 2.97. The minimum Gasteiger partial charge on any atom is -0.396 e. The predicted molar refractivity (Wildman–Crippen MR) is 34.0 cm³/mol. The lowest BCUT2D eigenvalue weighted by Gasteiger charge is -2.00. The minimum atomic E-state index is 0.238. The average molecular weight is 128 g/mol. The van der Waals surface area contributed by atoms with E-state index in [2.05, 4.69) is 0 Å². The Kier molecular flexibility index (Phi) is 2.22. The maximum Gasteiger partial charge on any atom is 0.123 e. The molecule has 52 valence electrons. The van der Waals surface area contributed by atoms with Crippen LogP contribution in [-0.4, -0.2) is 18.0 Å². The van der Waals surface area contributed by atoms with Crippen LogP contribution in [0.3, 0.4) is 0 Å². The Hall–Kier alpha value is -0.370. The number of hydrogen-bond acceptors (Lipinski definition) is 2. The van der Waals surface area contributed by atoms with Crippen LogP contribution in [0.15, 0.2) is 0 Å². The van der Waals surface area contributed by atoms with E-state index in [1.807, 2.05) is 0 Å². The monoisotopic (exact) mass is 128 g/mol. The first kappa shape index (κ1) is 6.75. The van der Waals surface area contributed by atoms with Gasteiger partial charge < -0.3 is 9.90 Å². The van der Waals surface area contributed by atoms with E-state index in [-0.39, 0.29) is 12.5 Å². The zero-order valence-corrected chi connectivity index (χ0v) is 5.42. The average Bonchev–Trinajstić information content (AvgIpc) is 2.34. The van der Waals surface area contributed by atoms with Gasteiger partial charge in [-0.25, -0.2) is 0 Å². The SMILES string of the molecule is O=C[C@H]1CC[C@H](CO)C1. The molecule has 2 atom stereocenters. The van der Waals surface area contributed by atoms with E-state index in [1.54, 1.807) is 0 Å². The van der Waals surface area contributed by atoms with Crippen LogP contribution in [-0.2, 0) is 4.79 Å². The number of carbonyl (C=O) groups excluding carboxylic acids is 1. The maximum atomic E-state index is 10.2. The highest BCUT2D eigenvalue weighted by Crippen LogP contribution is 2.28. The van der Waals surface area contributed by atoms with Crippen molar-refractivity contribution in [3.8, 4) is 0 Å². The van der Waals surface area contributed by atoms with E-state index in [4.69, 9.17) is 5.11 Å². The zero-order valence-electron chi connectivity index (χ0n) is 5.42. The Bertz CT molecular complexity index is 101. The standard InChI is InChI=1S/C7H12O2/c8-4-6-1-2-7(3-6)5-9/h4,6-7,9H,1-3,5H2/t6-,7-/m0/s1. The van der Waals surface area contributed by atoms with E-state index in [9.17, 15) is 4.79 Å². The van der Waals surface area contributed by atoms with Crippen molar-refractivity contribution in [1.82, 2.24) is 0 Å². The van der Waals surface area contributed by atoms with E-state index in [0.717, 1.165) is 25.5 Å². The van der Waals surface area contributed by atoms with Crippen molar-refractivity contribution in [2.45, 2.75) is 19.3 Å². The smallest absolute Gasteiger partial charge is 0.123 e. The molecule has 0 aromatic heterocycles. The first-order valence-electron chi connectivity index (χ1n) is 3.43. The van der Waals surface area contributed by atoms with Gasteiger partial charge in [-0.2, -0.15) is 0 Å². The molecule has 1 aliphatic carbocycles. The van der Waals surface area contributed by atoms with Crippen LogP contribution in [0.1, 0.15) is 19.3 Å². The highest BCUT2D eigenvalue weighted by molar-refractivity contribution is 5.53. The zero-order chi connectivity index (χ0) is 6.69. The third kappa shape index (κ3) is 1.52. The normalized spacial score (nSPS) is 34.8. The molecule has 9 heavy (non-hydrogen) atoms.